The van der Waals surface area contributed by atoms with Gasteiger partial charge in [-0.1, -0.05) is 53.7 Å². The van der Waals surface area contributed by atoms with Gasteiger partial charge in [-0.25, -0.2) is 0 Å². The Morgan fingerprint density at radius 3 is 1.76 bits per heavy atom. The Kier molecular flexibility index (Phi) is 14.9. The first kappa shape index (κ1) is 43.4. The molecule has 1 aliphatic carbocycles. The number of aromatic nitrogens is 7. The number of hydrogen-bond acceptors (Lipinski definition) is 22. The Bertz CT molecular complexity index is 2350. The Morgan fingerprint density at radius 2 is 1.31 bits per heavy atom. The molecule has 6 rings (SSSR count). The van der Waals surface area contributed by atoms with E-state index in [0.717, 1.165) is 50.1 Å². The third-order valence-corrected chi connectivity index (χ3v) is 13.0. The van der Waals surface area contributed by atoms with Gasteiger partial charge in [0.25, 0.3) is 14.6 Å². The van der Waals surface area contributed by atoms with Crippen LogP contribution in [-0.2, 0) is 10.1 Å². The summed E-state index contributed by atoms with van der Waals surface area (Å²) in [5.41, 5.74) is 4.99. The second-order valence-electron chi connectivity index (χ2n) is 12.8. The number of nitrogens with one attached hydrogen (secondary N) is 2. The highest BCUT2D eigenvalue weighted by Gasteiger charge is 2.22. The molecule has 0 spiro atoms. The highest BCUT2D eigenvalue weighted by Crippen LogP contribution is 2.43. The average Bonchev–Trinajstić information content (AvgIpc) is 3.95. The van der Waals surface area contributed by atoms with Crippen LogP contribution in [0.15, 0.2) is 59.7 Å². The first-order valence-corrected chi connectivity index (χ1v) is 22.9. The van der Waals surface area contributed by atoms with Gasteiger partial charge in [0.05, 0.1) is 37.0 Å². The fourth-order valence-electron chi connectivity index (χ4n) is 6.28. The average molecular weight is 884 g/mol. The van der Waals surface area contributed by atoms with E-state index in [-0.39, 0.29) is 17.0 Å². The van der Waals surface area contributed by atoms with Crippen molar-refractivity contribution in [1.29, 1.82) is 0 Å². The molecular formula is C35H45N15O5S4. The standard InChI is InChI=1S/C35H45N15O5S4/c1-7-49(8-2)26-16-22(24(18-28(26)54-5)42-45-33-44-36-20-56-33)37-30-39-31(41-32(40-30)57-21-14-12-11-13-15-21)38-23-17-27(50(9-3)10-4)29(55-6)19-25(23)43-46-34-47-48-35(58-34)59(51,52)53/h16-21H,7-15H2,1-6H3,(H,51,52,53)(H2,37,38,39,40,41). The maximum absolute atomic E-state index is 11.6. The first-order chi connectivity index (χ1) is 28.5. The van der Waals surface area contributed by atoms with Crippen molar-refractivity contribution in [3.05, 3.63) is 29.8 Å². The van der Waals surface area contributed by atoms with E-state index in [1.165, 1.54) is 17.8 Å². The summed E-state index contributed by atoms with van der Waals surface area (Å²) >= 11 is 3.44. The number of rotatable bonds is 19. The summed E-state index contributed by atoms with van der Waals surface area (Å²) in [5, 5.41) is 40.4. The lowest BCUT2D eigenvalue weighted by Crippen LogP contribution is -2.22. The lowest BCUT2D eigenvalue weighted by molar-refractivity contribution is 0.414. The van der Waals surface area contributed by atoms with E-state index in [4.69, 9.17) is 24.4 Å². The molecule has 59 heavy (non-hydrogen) atoms. The van der Waals surface area contributed by atoms with E-state index in [0.29, 0.717) is 74.2 Å². The van der Waals surface area contributed by atoms with Gasteiger partial charge in [0.2, 0.25) is 11.9 Å². The third kappa shape index (κ3) is 11.1. The van der Waals surface area contributed by atoms with Gasteiger partial charge in [0.15, 0.2) is 5.16 Å². The van der Waals surface area contributed by atoms with Gasteiger partial charge in [-0.3, -0.25) is 4.55 Å². The molecule has 20 nitrogen and oxygen atoms in total. The van der Waals surface area contributed by atoms with Crippen molar-refractivity contribution in [2.75, 3.05) is 60.8 Å². The summed E-state index contributed by atoms with van der Waals surface area (Å²) in [6.45, 7) is 11.1. The molecule has 3 N–H and O–H groups in total. The van der Waals surface area contributed by atoms with Crippen molar-refractivity contribution in [3.63, 3.8) is 0 Å². The zero-order valence-corrected chi connectivity index (χ0v) is 36.6. The first-order valence-electron chi connectivity index (χ1n) is 18.9. The topological polar surface area (TPSA) is 243 Å². The summed E-state index contributed by atoms with van der Waals surface area (Å²) < 4.78 is 43.7. The maximum atomic E-state index is 11.6. The van der Waals surface area contributed by atoms with Crippen LogP contribution in [0.2, 0.25) is 0 Å². The number of hydrogen-bond donors (Lipinski definition) is 3. The number of benzene rings is 2. The number of nitrogens with zero attached hydrogens (tertiary/aromatic N) is 13. The summed E-state index contributed by atoms with van der Waals surface area (Å²) in [5.74, 6) is 1.60. The summed E-state index contributed by atoms with van der Waals surface area (Å²) in [7, 11) is -1.39. The molecule has 24 heteroatoms. The molecule has 1 aliphatic rings. The molecule has 0 unspecified atom stereocenters. The van der Waals surface area contributed by atoms with Crippen molar-refractivity contribution in [2.24, 2.45) is 20.5 Å². The van der Waals surface area contributed by atoms with E-state index in [9.17, 15) is 13.0 Å². The molecule has 3 aromatic heterocycles. The normalized spacial score (nSPS) is 13.6. The lowest BCUT2D eigenvalue weighted by atomic mass is 10.0. The number of thioether (sulfide) groups is 1. The van der Waals surface area contributed by atoms with E-state index in [1.54, 1.807) is 43.6 Å². The fourth-order valence-corrected chi connectivity index (χ4v) is 8.98. The zero-order chi connectivity index (χ0) is 41.9. The Labute approximate surface area is 354 Å². The Morgan fingerprint density at radius 1 is 0.763 bits per heavy atom. The summed E-state index contributed by atoms with van der Waals surface area (Å²) in [4.78, 5) is 18.9. The highest BCUT2D eigenvalue weighted by molar-refractivity contribution is 7.99. The second kappa shape index (κ2) is 20.2. The van der Waals surface area contributed by atoms with Crippen molar-refractivity contribution < 1.29 is 22.4 Å². The third-order valence-electron chi connectivity index (χ3n) is 9.19. The molecule has 0 atom stereocenters. The van der Waals surface area contributed by atoms with Crippen molar-refractivity contribution in [2.45, 2.75) is 74.5 Å². The zero-order valence-electron chi connectivity index (χ0n) is 33.4. The second-order valence-corrected chi connectivity index (χ2v) is 17.4. The number of ether oxygens (including phenoxy) is 2. The number of methoxy groups -OCH3 is 2. The fraction of sp³-hybridized carbons (Fsp3) is 0.457. The van der Waals surface area contributed by atoms with E-state index < -0.39 is 14.5 Å². The quantitative estimate of drug-likeness (QED) is 0.0516. The Balaban J connectivity index is 1.46. The minimum absolute atomic E-state index is 0.0872. The van der Waals surface area contributed by atoms with Gasteiger partial charge in [-0.2, -0.15) is 23.4 Å². The molecule has 5 aromatic rings. The molecule has 1 fully saturated rings. The molecule has 1 saturated carbocycles. The molecule has 0 aliphatic heterocycles. The molecule has 3 heterocycles. The van der Waals surface area contributed by atoms with Gasteiger partial charge < -0.3 is 29.9 Å². The van der Waals surface area contributed by atoms with Crippen LogP contribution in [0.25, 0.3) is 0 Å². The van der Waals surface area contributed by atoms with Crippen LogP contribution in [0.1, 0.15) is 59.8 Å². The predicted octanol–water partition coefficient (Wildman–Crippen LogP) is 9.27. The van der Waals surface area contributed by atoms with Crippen LogP contribution < -0.4 is 29.9 Å². The van der Waals surface area contributed by atoms with Crippen molar-refractivity contribution >= 4 is 101 Å². The minimum Gasteiger partial charge on any atom is -0.494 e. The van der Waals surface area contributed by atoms with E-state index in [1.807, 2.05) is 26.0 Å². The SMILES string of the molecule is CCN(CC)c1cc(Nc2nc(Nc3cc(N(CC)CC)c(OC)cc3N=Nc3nnc(S(=O)(=O)O)s3)nc(SC3CCCCC3)n2)c(N=Nc2nncs2)cc1OC. The molecule has 0 radical (unpaired) electrons. The smallest absolute Gasteiger partial charge is 0.324 e. The number of anilines is 6. The Hall–Kier alpha value is -5.17. The van der Waals surface area contributed by atoms with Crippen LogP contribution in [0, 0.1) is 0 Å². The van der Waals surface area contributed by atoms with Crippen molar-refractivity contribution in [3.8, 4) is 11.5 Å². The van der Waals surface area contributed by atoms with Gasteiger partial charge in [0, 0.05) is 43.6 Å². The molecular weight excluding hydrogens is 839 g/mol. The minimum atomic E-state index is -4.57. The van der Waals surface area contributed by atoms with E-state index >= 15 is 0 Å². The van der Waals surface area contributed by atoms with Crippen LogP contribution >= 0.6 is 34.4 Å². The number of azo groups is 2. The molecule has 2 aromatic carbocycles. The van der Waals surface area contributed by atoms with Gasteiger partial charge in [0.1, 0.15) is 28.4 Å². The van der Waals surface area contributed by atoms with Gasteiger partial charge >= 0.3 is 10.1 Å². The molecule has 0 saturated heterocycles. The predicted molar refractivity (Wildman–Crippen MR) is 230 cm³/mol. The molecule has 314 valence electrons. The lowest BCUT2D eigenvalue weighted by Gasteiger charge is -2.25. The van der Waals surface area contributed by atoms with Crippen molar-refractivity contribution in [1.82, 2.24) is 35.3 Å². The van der Waals surface area contributed by atoms with Gasteiger partial charge in [-0.15, -0.1) is 40.9 Å². The van der Waals surface area contributed by atoms with Gasteiger partial charge in [-0.05, 0) is 52.7 Å². The highest BCUT2D eigenvalue weighted by atomic mass is 32.3. The monoisotopic (exact) mass is 883 g/mol. The molecule has 0 amide bonds. The van der Waals surface area contributed by atoms with Crippen LogP contribution in [0.4, 0.5) is 56.3 Å². The maximum Gasteiger partial charge on any atom is 0.324 e. The van der Waals surface area contributed by atoms with Crippen LogP contribution in [0.5, 0.6) is 11.5 Å². The van der Waals surface area contributed by atoms with Crippen LogP contribution in [0.3, 0.4) is 0 Å². The summed E-state index contributed by atoms with van der Waals surface area (Å²) in [6.07, 6.45) is 5.56. The van der Waals surface area contributed by atoms with Crippen LogP contribution in [-0.4, -0.2) is 94.0 Å². The summed E-state index contributed by atoms with van der Waals surface area (Å²) in [6, 6.07) is 7.30. The largest absolute Gasteiger partial charge is 0.494 e. The molecule has 0 bridgehead atoms. The van der Waals surface area contributed by atoms with E-state index in [2.05, 4.69) is 75.1 Å².